The quantitative estimate of drug-likeness (QED) is 0.193. The largest absolute Gasteiger partial charge is 0.507 e. The fourth-order valence-corrected chi connectivity index (χ4v) is 6.99. The van der Waals surface area contributed by atoms with Gasteiger partial charge >= 0.3 is 0 Å². The standard InChI is InChI=1S/C40H35N3OSi/c1-43-37-17-11-16-34(39(37)42-40(43)35-25-29(18-21-38(35)44)27-12-7-5-8-13-27)31-22-30(28-14-9-6-10-15-28)23-32(24-31)36-20-19-33(26-41-36)45(2,3)4/h5-26,44H,1-4H3. The summed E-state index contributed by atoms with van der Waals surface area (Å²) >= 11 is 0. The lowest BCUT2D eigenvalue weighted by Gasteiger charge is -2.16. The minimum Gasteiger partial charge on any atom is -0.507 e. The van der Waals surface area contributed by atoms with Crippen LogP contribution in [0, 0.1) is 0 Å². The van der Waals surface area contributed by atoms with Crippen molar-refractivity contribution in [3.63, 3.8) is 0 Å². The third-order valence-electron chi connectivity index (χ3n) is 8.53. The first-order valence-electron chi connectivity index (χ1n) is 15.3. The van der Waals surface area contributed by atoms with Gasteiger partial charge in [0.05, 0.1) is 30.4 Å². The van der Waals surface area contributed by atoms with Crippen LogP contribution in [0.2, 0.25) is 19.6 Å². The summed E-state index contributed by atoms with van der Waals surface area (Å²) in [6.45, 7) is 7.03. The number of benzene rings is 5. The van der Waals surface area contributed by atoms with E-state index in [2.05, 4.69) is 115 Å². The molecule has 5 aromatic carbocycles. The zero-order valence-electron chi connectivity index (χ0n) is 26.0. The Hall–Kier alpha value is -5.26. The molecule has 2 heterocycles. The number of phenolic OH excluding ortho intramolecular Hbond substituents is 1. The lowest BCUT2D eigenvalue weighted by atomic mass is 9.94. The van der Waals surface area contributed by atoms with E-state index in [9.17, 15) is 5.11 Å². The highest BCUT2D eigenvalue weighted by Gasteiger charge is 2.19. The number of imidazole rings is 1. The Morgan fingerprint density at radius 2 is 1.24 bits per heavy atom. The molecule has 0 aliphatic carbocycles. The summed E-state index contributed by atoms with van der Waals surface area (Å²) in [6, 6.07) is 43.8. The first-order chi connectivity index (χ1) is 21.8. The topological polar surface area (TPSA) is 50.9 Å². The minimum atomic E-state index is -1.46. The Balaban J connectivity index is 1.40. The lowest BCUT2D eigenvalue weighted by molar-refractivity contribution is 0.476. The van der Waals surface area contributed by atoms with Crippen molar-refractivity contribution in [2.75, 3.05) is 0 Å². The third-order valence-corrected chi connectivity index (χ3v) is 10.6. The maximum atomic E-state index is 11.0. The summed E-state index contributed by atoms with van der Waals surface area (Å²) in [7, 11) is 0.549. The maximum Gasteiger partial charge on any atom is 0.144 e. The Labute approximate surface area is 265 Å². The highest BCUT2D eigenvalue weighted by molar-refractivity contribution is 6.88. The molecule has 7 rings (SSSR count). The van der Waals surface area contributed by atoms with Crippen molar-refractivity contribution in [3.8, 4) is 61.8 Å². The van der Waals surface area contributed by atoms with E-state index in [1.807, 2.05) is 43.4 Å². The highest BCUT2D eigenvalue weighted by atomic mass is 28.3. The molecule has 0 aliphatic heterocycles. The summed E-state index contributed by atoms with van der Waals surface area (Å²) in [4.78, 5) is 10.1. The molecule has 0 saturated carbocycles. The second-order valence-corrected chi connectivity index (χ2v) is 17.7. The number of rotatable bonds is 6. The molecule has 1 N–H and O–H groups in total. The molecule has 220 valence electrons. The van der Waals surface area contributed by atoms with E-state index >= 15 is 0 Å². The first kappa shape index (κ1) is 28.5. The number of hydrogen-bond acceptors (Lipinski definition) is 3. The summed E-state index contributed by atoms with van der Waals surface area (Å²) < 4.78 is 2.07. The van der Waals surface area contributed by atoms with E-state index in [0.717, 1.165) is 61.5 Å². The Kier molecular flexibility index (Phi) is 7.19. The number of nitrogens with zero attached hydrogens (tertiary/aromatic N) is 3. The molecule has 0 unspecified atom stereocenters. The molecule has 7 aromatic rings. The Morgan fingerprint density at radius 1 is 0.578 bits per heavy atom. The Bertz CT molecular complexity index is 2150. The highest BCUT2D eigenvalue weighted by Crippen LogP contribution is 2.39. The number of para-hydroxylation sites is 1. The van der Waals surface area contributed by atoms with Gasteiger partial charge in [-0.3, -0.25) is 4.98 Å². The fraction of sp³-hybridized carbons (Fsp3) is 0.100. The van der Waals surface area contributed by atoms with Gasteiger partial charge in [0.25, 0.3) is 0 Å². The summed E-state index contributed by atoms with van der Waals surface area (Å²) in [5.74, 6) is 0.923. The van der Waals surface area contributed by atoms with Gasteiger partial charge in [0, 0.05) is 24.4 Å². The molecule has 0 saturated heterocycles. The lowest BCUT2D eigenvalue weighted by Crippen LogP contribution is -2.37. The predicted octanol–water partition coefficient (Wildman–Crippen LogP) is 9.55. The Morgan fingerprint density at radius 3 is 1.91 bits per heavy atom. The average molecular weight is 602 g/mol. The number of fused-ring (bicyclic) bond motifs is 1. The van der Waals surface area contributed by atoms with Crippen molar-refractivity contribution in [2.24, 2.45) is 7.05 Å². The van der Waals surface area contributed by atoms with Crippen LogP contribution in [-0.4, -0.2) is 27.7 Å². The molecule has 2 aromatic heterocycles. The SMILES string of the molecule is Cn1c(-c2cc(-c3ccccc3)ccc2O)nc2c(-c3cc(-c4ccccc4)cc(-c4ccc([Si](C)(C)C)cn4)c3)cccc21. The van der Waals surface area contributed by atoms with Gasteiger partial charge in [-0.15, -0.1) is 0 Å². The van der Waals surface area contributed by atoms with Crippen molar-refractivity contribution in [2.45, 2.75) is 19.6 Å². The van der Waals surface area contributed by atoms with E-state index in [-0.39, 0.29) is 5.75 Å². The van der Waals surface area contributed by atoms with Crippen LogP contribution < -0.4 is 5.19 Å². The van der Waals surface area contributed by atoms with E-state index < -0.39 is 8.07 Å². The number of pyridine rings is 1. The van der Waals surface area contributed by atoms with Gasteiger partial charge in [0.1, 0.15) is 11.6 Å². The second-order valence-electron chi connectivity index (χ2n) is 12.6. The first-order valence-corrected chi connectivity index (χ1v) is 18.8. The van der Waals surface area contributed by atoms with Gasteiger partial charge < -0.3 is 9.67 Å². The molecule has 0 bridgehead atoms. The fourth-order valence-electron chi connectivity index (χ4n) is 5.95. The maximum absolute atomic E-state index is 11.0. The van der Waals surface area contributed by atoms with Gasteiger partial charge in [0.15, 0.2) is 0 Å². The molecule has 0 fully saturated rings. The van der Waals surface area contributed by atoms with Crippen molar-refractivity contribution in [1.82, 2.24) is 14.5 Å². The molecule has 4 nitrogen and oxygen atoms in total. The van der Waals surface area contributed by atoms with E-state index in [1.54, 1.807) is 6.07 Å². The van der Waals surface area contributed by atoms with Crippen LogP contribution in [0.5, 0.6) is 5.75 Å². The normalized spacial score (nSPS) is 11.6. The third kappa shape index (κ3) is 5.47. The van der Waals surface area contributed by atoms with Crippen LogP contribution in [0.1, 0.15) is 0 Å². The van der Waals surface area contributed by atoms with Crippen molar-refractivity contribution in [1.29, 1.82) is 0 Å². The molecule has 45 heavy (non-hydrogen) atoms. The van der Waals surface area contributed by atoms with Crippen LogP contribution in [0.3, 0.4) is 0 Å². The average Bonchev–Trinajstić information content (AvgIpc) is 3.41. The molecule has 0 aliphatic rings. The second kappa shape index (κ2) is 11.3. The van der Waals surface area contributed by atoms with Crippen molar-refractivity contribution < 1.29 is 5.11 Å². The van der Waals surface area contributed by atoms with Crippen LogP contribution in [0.25, 0.3) is 67.1 Å². The smallest absolute Gasteiger partial charge is 0.144 e. The molecule has 5 heteroatoms. The van der Waals surface area contributed by atoms with Gasteiger partial charge in [-0.2, -0.15) is 0 Å². The van der Waals surface area contributed by atoms with Gasteiger partial charge in [-0.05, 0) is 75.5 Å². The number of phenols is 1. The van der Waals surface area contributed by atoms with Crippen LogP contribution in [0.15, 0.2) is 134 Å². The summed E-state index contributed by atoms with van der Waals surface area (Å²) in [6.07, 6.45) is 2.05. The molecule has 0 radical (unpaired) electrons. The monoisotopic (exact) mass is 601 g/mol. The van der Waals surface area contributed by atoms with Crippen LogP contribution in [-0.2, 0) is 7.05 Å². The molecular formula is C40H35N3OSi. The van der Waals surface area contributed by atoms with E-state index in [1.165, 1.54) is 5.19 Å². The number of aryl methyl sites for hydroxylation is 1. The molecule has 0 amide bonds. The molecule has 0 atom stereocenters. The predicted molar refractivity (Wildman–Crippen MR) is 190 cm³/mol. The van der Waals surface area contributed by atoms with Gasteiger partial charge in [-0.25, -0.2) is 4.98 Å². The molecular weight excluding hydrogens is 567 g/mol. The van der Waals surface area contributed by atoms with Gasteiger partial charge in [-0.1, -0.05) is 105 Å². The summed E-state index contributed by atoms with van der Waals surface area (Å²) in [5.41, 5.74) is 11.1. The number of aromatic nitrogens is 3. The van der Waals surface area contributed by atoms with Gasteiger partial charge in [0.2, 0.25) is 0 Å². The number of aromatic hydroxyl groups is 1. The molecule has 0 spiro atoms. The van der Waals surface area contributed by atoms with E-state index in [4.69, 9.17) is 9.97 Å². The zero-order valence-corrected chi connectivity index (χ0v) is 27.0. The van der Waals surface area contributed by atoms with E-state index in [0.29, 0.717) is 5.56 Å². The van der Waals surface area contributed by atoms with Crippen LogP contribution >= 0.6 is 0 Å². The van der Waals surface area contributed by atoms with Crippen LogP contribution in [0.4, 0.5) is 0 Å². The zero-order chi connectivity index (χ0) is 31.1. The number of hydrogen-bond donors (Lipinski definition) is 1. The van der Waals surface area contributed by atoms with Crippen molar-refractivity contribution >= 4 is 24.3 Å². The summed E-state index contributed by atoms with van der Waals surface area (Å²) in [5, 5.41) is 12.4. The minimum absolute atomic E-state index is 0.204. The van der Waals surface area contributed by atoms with Crippen molar-refractivity contribution in [3.05, 3.63) is 134 Å².